The Hall–Kier alpha value is -2.67. The summed E-state index contributed by atoms with van der Waals surface area (Å²) in [4.78, 5) is 21.0. The van der Waals surface area contributed by atoms with Crippen molar-refractivity contribution in [3.05, 3.63) is 53.9 Å². The van der Waals surface area contributed by atoms with Crippen LogP contribution in [0.15, 0.2) is 47.7 Å². The van der Waals surface area contributed by atoms with Crippen molar-refractivity contribution in [2.24, 2.45) is 10.9 Å². The van der Waals surface area contributed by atoms with Crippen LogP contribution in [-0.2, 0) is 13.1 Å². The molecule has 7 heteroatoms. The Balaban J connectivity index is 1.39. The average Bonchev–Trinajstić information content (AvgIpc) is 2.83. The lowest BCUT2D eigenvalue weighted by Gasteiger charge is -2.36. The van der Waals surface area contributed by atoms with Crippen LogP contribution in [0.4, 0.5) is 5.95 Å². The SMILES string of the molecule is CCNC(=NCc1ccccc1CN1CCCC(C)C1)N1CCN(c2ncccn2)CC1. The summed E-state index contributed by atoms with van der Waals surface area (Å²) >= 11 is 0. The molecule has 2 aliphatic rings. The fourth-order valence-electron chi connectivity index (χ4n) is 4.70. The van der Waals surface area contributed by atoms with Crippen LogP contribution in [0.1, 0.15) is 37.8 Å². The van der Waals surface area contributed by atoms with Crippen LogP contribution in [0.3, 0.4) is 0 Å². The number of piperidine rings is 1. The number of piperazine rings is 1. The smallest absolute Gasteiger partial charge is 0.225 e. The maximum absolute atomic E-state index is 5.04. The predicted molar refractivity (Wildman–Crippen MR) is 131 cm³/mol. The van der Waals surface area contributed by atoms with Gasteiger partial charge in [-0.2, -0.15) is 0 Å². The van der Waals surface area contributed by atoms with Crippen molar-refractivity contribution >= 4 is 11.9 Å². The van der Waals surface area contributed by atoms with E-state index in [1.807, 2.05) is 18.5 Å². The third-order valence-electron chi connectivity index (χ3n) is 6.40. The molecule has 1 aromatic heterocycles. The lowest BCUT2D eigenvalue weighted by molar-refractivity contribution is 0.176. The first-order valence-electron chi connectivity index (χ1n) is 12.1. The summed E-state index contributed by atoms with van der Waals surface area (Å²) in [5, 5.41) is 3.50. The second kappa shape index (κ2) is 11.3. The second-order valence-corrected chi connectivity index (χ2v) is 8.94. The summed E-state index contributed by atoms with van der Waals surface area (Å²) in [7, 11) is 0. The van der Waals surface area contributed by atoms with Gasteiger partial charge in [-0.3, -0.25) is 4.90 Å². The number of nitrogens with zero attached hydrogens (tertiary/aromatic N) is 6. The van der Waals surface area contributed by atoms with Crippen LogP contribution in [0.2, 0.25) is 0 Å². The molecule has 2 saturated heterocycles. The fourth-order valence-corrected chi connectivity index (χ4v) is 4.70. The Bertz CT molecular complexity index is 862. The van der Waals surface area contributed by atoms with Crippen LogP contribution in [0.5, 0.6) is 0 Å². The van der Waals surface area contributed by atoms with Crippen LogP contribution in [0, 0.1) is 5.92 Å². The van der Waals surface area contributed by atoms with Gasteiger partial charge in [0.2, 0.25) is 5.95 Å². The first kappa shape index (κ1) is 22.5. The van der Waals surface area contributed by atoms with Gasteiger partial charge in [-0.05, 0) is 49.4 Å². The predicted octanol–water partition coefficient (Wildman–Crippen LogP) is 3.00. The van der Waals surface area contributed by atoms with Crippen molar-refractivity contribution in [2.45, 2.75) is 39.8 Å². The number of anilines is 1. The normalized spacial score (nSPS) is 20.4. The Labute approximate surface area is 192 Å². The van der Waals surface area contributed by atoms with Gasteiger partial charge in [-0.25, -0.2) is 15.0 Å². The van der Waals surface area contributed by atoms with Gasteiger partial charge in [-0.15, -0.1) is 0 Å². The molecule has 0 spiro atoms. The van der Waals surface area contributed by atoms with Gasteiger partial charge in [-0.1, -0.05) is 31.2 Å². The van der Waals surface area contributed by atoms with Crippen molar-refractivity contribution in [2.75, 3.05) is 50.7 Å². The minimum absolute atomic E-state index is 0.712. The number of hydrogen-bond acceptors (Lipinski definition) is 5. The van der Waals surface area contributed by atoms with E-state index in [-0.39, 0.29) is 0 Å². The number of guanidine groups is 1. The van der Waals surface area contributed by atoms with Gasteiger partial charge in [0.25, 0.3) is 0 Å². The molecule has 32 heavy (non-hydrogen) atoms. The quantitative estimate of drug-likeness (QED) is 0.556. The van der Waals surface area contributed by atoms with Crippen LogP contribution < -0.4 is 10.2 Å². The van der Waals surface area contributed by atoms with Crippen LogP contribution >= 0.6 is 0 Å². The highest BCUT2D eigenvalue weighted by atomic mass is 15.4. The number of nitrogens with one attached hydrogen (secondary N) is 1. The van der Waals surface area contributed by atoms with Crippen molar-refractivity contribution in [3.63, 3.8) is 0 Å². The van der Waals surface area contributed by atoms with E-state index < -0.39 is 0 Å². The summed E-state index contributed by atoms with van der Waals surface area (Å²) in [5.74, 6) is 2.62. The summed E-state index contributed by atoms with van der Waals surface area (Å²) in [5.41, 5.74) is 2.74. The summed E-state index contributed by atoms with van der Waals surface area (Å²) < 4.78 is 0. The Morgan fingerprint density at radius 1 is 1.03 bits per heavy atom. The fraction of sp³-hybridized carbons (Fsp3) is 0.560. The van der Waals surface area contributed by atoms with Crippen molar-refractivity contribution < 1.29 is 0 Å². The molecule has 2 aliphatic heterocycles. The molecular weight excluding hydrogens is 398 g/mol. The third kappa shape index (κ3) is 5.97. The number of likely N-dealkylation sites (tertiary alicyclic amines) is 1. The average molecular weight is 436 g/mol. The van der Waals surface area contributed by atoms with Gasteiger partial charge in [0.05, 0.1) is 6.54 Å². The van der Waals surface area contributed by atoms with E-state index in [2.05, 4.69) is 68.1 Å². The van der Waals surface area contributed by atoms with Crippen molar-refractivity contribution in [1.82, 2.24) is 25.1 Å². The molecule has 1 N–H and O–H groups in total. The number of aliphatic imine (C=N–C) groups is 1. The van der Waals surface area contributed by atoms with E-state index in [1.165, 1.54) is 37.1 Å². The van der Waals surface area contributed by atoms with Crippen LogP contribution in [-0.4, -0.2) is 71.5 Å². The van der Waals surface area contributed by atoms with Gasteiger partial charge in [0, 0.05) is 58.2 Å². The largest absolute Gasteiger partial charge is 0.357 e. The molecule has 0 amide bonds. The molecule has 1 aromatic carbocycles. The standard InChI is InChI=1S/C25H37N7/c1-3-26-24(31-14-16-32(17-15-31)25-27-11-7-12-28-25)29-18-22-9-4-5-10-23(22)20-30-13-6-8-21(2)19-30/h4-5,7,9-12,21H,3,6,8,13-20H2,1-2H3,(H,26,29). The highest BCUT2D eigenvalue weighted by molar-refractivity contribution is 5.80. The van der Waals surface area contributed by atoms with E-state index in [1.54, 1.807) is 0 Å². The zero-order chi connectivity index (χ0) is 22.2. The van der Waals surface area contributed by atoms with E-state index in [0.29, 0.717) is 6.54 Å². The molecule has 1 unspecified atom stereocenters. The van der Waals surface area contributed by atoms with Gasteiger partial charge >= 0.3 is 0 Å². The summed E-state index contributed by atoms with van der Waals surface area (Å²) in [6.07, 6.45) is 6.29. The lowest BCUT2D eigenvalue weighted by atomic mass is 9.99. The Kier molecular flexibility index (Phi) is 7.93. The van der Waals surface area contributed by atoms with Gasteiger partial charge in [0.1, 0.15) is 0 Å². The topological polar surface area (TPSA) is 59.9 Å². The second-order valence-electron chi connectivity index (χ2n) is 8.94. The molecular formula is C25H37N7. The molecule has 0 aliphatic carbocycles. The Morgan fingerprint density at radius 3 is 2.50 bits per heavy atom. The number of hydrogen-bond donors (Lipinski definition) is 1. The number of aromatic nitrogens is 2. The monoisotopic (exact) mass is 435 g/mol. The number of rotatable bonds is 6. The molecule has 0 saturated carbocycles. The van der Waals surface area contributed by atoms with Gasteiger partial charge < -0.3 is 15.1 Å². The minimum atomic E-state index is 0.712. The lowest BCUT2D eigenvalue weighted by Crippen LogP contribution is -2.53. The minimum Gasteiger partial charge on any atom is -0.357 e. The maximum Gasteiger partial charge on any atom is 0.225 e. The zero-order valence-electron chi connectivity index (χ0n) is 19.6. The molecule has 1 atom stereocenters. The molecule has 4 rings (SSSR count). The molecule has 0 bridgehead atoms. The molecule has 3 heterocycles. The molecule has 7 nitrogen and oxygen atoms in total. The van der Waals surface area contributed by atoms with E-state index >= 15 is 0 Å². The molecule has 2 aromatic rings. The van der Waals surface area contributed by atoms with Crippen molar-refractivity contribution in [3.8, 4) is 0 Å². The van der Waals surface area contributed by atoms with E-state index in [9.17, 15) is 0 Å². The van der Waals surface area contributed by atoms with Crippen molar-refractivity contribution in [1.29, 1.82) is 0 Å². The van der Waals surface area contributed by atoms with E-state index in [0.717, 1.165) is 57.1 Å². The zero-order valence-corrected chi connectivity index (χ0v) is 19.6. The molecule has 2 fully saturated rings. The Morgan fingerprint density at radius 2 is 1.78 bits per heavy atom. The summed E-state index contributed by atoms with van der Waals surface area (Å²) in [6.45, 7) is 13.2. The third-order valence-corrected chi connectivity index (χ3v) is 6.40. The maximum atomic E-state index is 5.04. The number of benzene rings is 1. The highest BCUT2D eigenvalue weighted by Gasteiger charge is 2.21. The molecule has 172 valence electrons. The van der Waals surface area contributed by atoms with E-state index in [4.69, 9.17) is 4.99 Å². The molecule has 0 radical (unpaired) electrons. The highest BCUT2D eigenvalue weighted by Crippen LogP contribution is 2.20. The van der Waals surface area contributed by atoms with Crippen LogP contribution in [0.25, 0.3) is 0 Å². The first-order valence-corrected chi connectivity index (χ1v) is 12.1. The summed E-state index contributed by atoms with van der Waals surface area (Å²) in [6, 6.07) is 10.7. The van der Waals surface area contributed by atoms with Gasteiger partial charge in [0.15, 0.2) is 5.96 Å². The first-order chi connectivity index (χ1) is 15.7.